The maximum absolute atomic E-state index is 8.20. The van der Waals surface area contributed by atoms with Crippen LogP contribution < -0.4 is 0 Å². The Morgan fingerprint density at radius 2 is 2.00 bits per heavy atom. The molecule has 0 amide bonds. The molecule has 13 heavy (non-hydrogen) atoms. The Kier molecular flexibility index (Phi) is 3.94. The number of allylic oxidation sites excluding steroid dienone is 2. The molecule has 0 aliphatic carbocycles. The predicted octanol–water partition coefficient (Wildman–Crippen LogP) is 2.51. The van der Waals surface area contributed by atoms with Crippen LogP contribution in [0.15, 0.2) is 42.5 Å². The minimum atomic E-state index is 0.627. The van der Waals surface area contributed by atoms with Gasteiger partial charge in [-0.3, -0.25) is 0 Å². The van der Waals surface area contributed by atoms with Crippen LogP contribution in [-0.2, 0) is 0 Å². The van der Waals surface area contributed by atoms with E-state index in [1.165, 1.54) is 6.08 Å². The molecule has 0 saturated carbocycles. The summed E-state index contributed by atoms with van der Waals surface area (Å²) in [5.74, 6) is 5.94. The van der Waals surface area contributed by atoms with E-state index >= 15 is 0 Å². The summed E-state index contributed by atoms with van der Waals surface area (Å²) in [6.07, 6.45) is 3.82. The van der Waals surface area contributed by atoms with Gasteiger partial charge in [0.05, 0.1) is 6.07 Å². The molecule has 0 aliphatic heterocycles. The highest BCUT2D eigenvalue weighted by Crippen LogP contribution is 1.94. The molecule has 62 valence electrons. The molecule has 0 bridgehead atoms. The van der Waals surface area contributed by atoms with Gasteiger partial charge in [0, 0.05) is 18.1 Å². The highest BCUT2D eigenvalue weighted by molar-refractivity contribution is 5.34. The van der Waals surface area contributed by atoms with E-state index in [9.17, 15) is 0 Å². The summed E-state index contributed by atoms with van der Waals surface area (Å²) in [5.41, 5.74) is 1.01. The van der Waals surface area contributed by atoms with Crippen LogP contribution in [0.2, 0.25) is 0 Å². The standard InChI is InChI=1S/C12H9N/c13-11-7-2-1-4-8-12-9-5-3-6-10-12/h2-3,5-7,9-10H,1H2/b7-2+. The van der Waals surface area contributed by atoms with Crippen LogP contribution in [0, 0.1) is 23.2 Å². The summed E-state index contributed by atoms with van der Waals surface area (Å²) >= 11 is 0. The fourth-order valence-corrected chi connectivity index (χ4v) is 0.845. The minimum Gasteiger partial charge on any atom is -0.193 e. The first-order valence-corrected chi connectivity index (χ1v) is 4.02. The van der Waals surface area contributed by atoms with Crippen LogP contribution in [0.1, 0.15) is 12.0 Å². The van der Waals surface area contributed by atoms with Crippen molar-refractivity contribution in [1.29, 1.82) is 5.26 Å². The summed E-state index contributed by atoms with van der Waals surface area (Å²) in [6.45, 7) is 0. The summed E-state index contributed by atoms with van der Waals surface area (Å²) in [5, 5.41) is 8.20. The summed E-state index contributed by atoms with van der Waals surface area (Å²) in [4.78, 5) is 0. The van der Waals surface area contributed by atoms with Crippen molar-refractivity contribution in [3.63, 3.8) is 0 Å². The molecule has 1 aromatic rings. The van der Waals surface area contributed by atoms with E-state index in [0.29, 0.717) is 6.42 Å². The molecule has 1 aromatic carbocycles. The first kappa shape index (κ1) is 9.10. The predicted molar refractivity (Wildman–Crippen MR) is 52.7 cm³/mol. The third-order valence-electron chi connectivity index (χ3n) is 1.42. The molecule has 0 N–H and O–H groups in total. The van der Waals surface area contributed by atoms with Crippen LogP contribution in [0.3, 0.4) is 0 Å². The van der Waals surface area contributed by atoms with Crippen LogP contribution in [0.5, 0.6) is 0 Å². The molecular weight excluding hydrogens is 158 g/mol. The lowest BCUT2D eigenvalue weighted by molar-refractivity contribution is 1.45. The number of hydrogen-bond acceptors (Lipinski definition) is 1. The van der Waals surface area contributed by atoms with Gasteiger partial charge in [-0.2, -0.15) is 5.26 Å². The van der Waals surface area contributed by atoms with Crippen molar-refractivity contribution < 1.29 is 0 Å². The van der Waals surface area contributed by atoms with E-state index in [0.717, 1.165) is 5.56 Å². The van der Waals surface area contributed by atoms with Gasteiger partial charge >= 0.3 is 0 Å². The lowest BCUT2D eigenvalue weighted by Gasteiger charge is -1.84. The SMILES string of the molecule is N#C/C=C/CC#Cc1ccccc1. The second-order valence-corrected chi connectivity index (χ2v) is 2.40. The second kappa shape index (κ2) is 5.63. The van der Waals surface area contributed by atoms with E-state index in [-0.39, 0.29) is 0 Å². The molecule has 0 fully saturated rings. The van der Waals surface area contributed by atoms with Gasteiger partial charge in [-0.25, -0.2) is 0 Å². The third-order valence-corrected chi connectivity index (χ3v) is 1.42. The van der Waals surface area contributed by atoms with Crippen LogP contribution in [0.4, 0.5) is 0 Å². The zero-order chi connectivity index (χ0) is 9.36. The molecule has 0 aromatic heterocycles. The van der Waals surface area contributed by atoms with Crippen molar-refractivity contribution in [1.82, 2.24) is 0 Å². The zero-order valence-corrected chi connectivity index (χ0v) is 7.20. The molecule has 0 heterocycles. The van der Waals surface area contributed by atoms with Gasteiger partial charge in [-0.1, -0.05) is 36.1 Å². The van der Waals surface area contributed by atoms with Gasteiger partial charge in [0.1, 0.15) is 0 Å². The van der Waals surface area contributed by atoms with Crippen molar-refractivity contribution in [3.8, 4) is 17.9 Å². The molecule has 0 spiro atoms. The summed E-state index contributed by atoms with van der Waals surface area (Å²) in [7, 11) is 0. The highest BCUT2D eigenvalue weighted by Gasteiger charge is 1.79. The van der Waals surface area contributed by atoms with Crippen LogP contribution in [0.25, 0.3) is 0 Å². The van der Waals surface area contributed by atoms with E-state index < -0.39 is 0 Å². The molecule has 1 heteroatoms. The Labute approximate surface area is 78.3 Å². The Bertz CT molecular complexity index is 371. The number of rotatable bonds is 1. The van der Waals surface area contributed by atoms with Gasteiger partial charge in [0.15, 0.2) is 0 Å². The normalized spacial score (nSPS) is 8.85. The van der Waals surface area contributed by atoms with E-state index in [4.69, 9.17) is 5.26 Å². The van der Waals surface area contributed by atoms with Gasteiger partial charge in [0.2, 0.25) is 0 Å². The van der Waals surface area contributed by atoms with Gasteiger partial charge in [0.25, 0.3) is 0 Å². The first-order valence-electron chi connectivity index (χ1n) is 4.02. The largest absolute Gasteiger partial charge is 0.193 e. The van der Waals surface area contributed by atoms with Gasteiger partial charge in [-0.05, 0) is 12.1 Å². The van der Waals surface area contributed by atoms with E-state index in [1.807, 2.05) is 36.4 Å². The zero-order valence-electron chi connectivity index (χ0n) is 7.20. The molecule has 0 radical (unpaired) electrons. The van der Waals surface area contributed by atoms with E-state index in [1.54, 1.807) is 6.08 Å². The maximum atomic E-state index is 8.20. The van der Waals surface area contributed by atoms with Crippen LogP contribution >= 0.6 is 0 Å². The number of hydrogen-bond donors (Lipinski definition) is 0. The highest BCUT2D eigenvalue weighted by atomic mass is 14.2. The smallest absolute Gasteiger partial charge is 0.0909 e. The van der Waals surface area contributed by atoms with E-state index in [2.05, 4.69) is 11.8 Å². The Balaban J connectivity index is 2.50. The Morgan fingerprint density at radius 1 is 1.23 bits per heavy atom. The lowest BCUT2D eigenvalue weighted by Crippen LogP contribution is -1.69. The second-order valence-electron chi connectivity index (χ2n) is 2.40. The van der Waals surface area contributed by atoms with Crippen LogP contribution in [-0.4, -0.2) is 0 Å². The minimum absolute atomic E-state index is 0.627. The Morgan fingerprint density at radius 3 is 2.69 bits per heavy atom. The van der Waals surface area contributed by atoms with Crippen molar-refractivity contribution in [2.24, 2.45) is 0 Å². The molecule has 0 unspecified atom stereocenters. The molecule has 1 nitrogen and oxygen atoms in total. The Hall–Kier alpha value is -1.99. The third kappa shape index (κ3) is 3.79. The van der Waals surface area contributed by atoms with Crippen molar-refractivity contribution in [2.75, 3.05) is 0 Å². The topological polar surface area (TPSA) is 23.8 Å². The summed E-state index contributed by atoms with van der Waals surface area (Å²) < 4.78 is 0. The fourth-order valence-electron chi connectivity index (χ4n) is 0.845. The lowest BCUT2D eigenvalue weighted by atomic mass is 10.2. The quantitative estimate of drug-likeness (QED) is 0.465. The molecule has 0 atom stereocenters. The molecule has 0 aliphatic rings. The average molecular weight is 167 g/mol. The fraction of sp³-hybridized carbons (Fsp3) is 0.0833. The maximum Gasteiger partial charge on any atom is 0.0909 e. The number of nitriles is 1. The first-order chi connectivity index (χ1) is 6.43. The van der Waals surface area contributed by atoms with Crippen molar-refractivity contribution in [3.05, 3.63) is 48.0 Å². The number of benzene rings is 1. The van der Waals surface area contributed by atoms with Crippen molar-refractivity contribution >= 4 is 0 Å². The monoisotopic (exact) mass is 167 g/mol. The molecule has 1 rings (SSSR count). The number of nitrogens with zero attached hydrogens (tertiary/aromatic N) is 1. The molecular formula is C12H9N. The average Bonchev–Trinajstić information content (AvgIpc) is 2.19. The summed E-state index contributed by atoms with van der Waals surface area (Å²) in [6, 6.07) is 11.7. The molecule has 0 saturated heterocycles. The van der Waals surface area contributed by atoms with Gasteiger partial charge in [-0.15, -0.1) is 0 Å². The van der Waals surface area contributed by atoms with Crippen molar-refractivity contribution in [2.45, 2.75) is 6.42 Å². The van der Waals surface area contributed by atoms with Gasteiger partial charge < -0.3 is 0 Å².